The summed E-state index contributed by atoms with van der Waals surface area (Å²) in [6.45, 7) is 2.57. The minimum Gasteiger partial charge on any atom is -0.328 e. The quantitative estimate of drug-likeness (QED) is 0.457. The highest BCUT2D eigenvalue weighted by atomic mass is 35.5. The van der Waals surface area contributed by atoms with E-state index in [-0.39, 0.29) is 17.9 Å². The molecule has 3 aromatic heterocycles. The maximum atomic E-state index is 13.3. The molecule has 0 aliphatic carbocycles. The fourth-order valence-electron chi connectivity index (χ4n) is 4.19. The second-order valence-electron chi connectivity index (χ2n) is 7.90. The first-order valence-corrected chi connectivity index (χ1v) is 10.5. The third-order valence-electron chi connectivity index (χ3n) is 5.80. The molecule has 1 aliphatic rings. The third kappa shape index (κ3) is 3.53. The van der Waals surface area contributed by atoms with Crippen molar-refractivity contribution in [3.8, 4) is 11.4 Å². The second-order valence-corrected chi connectivity index (χ2v) is 8.24. The second kappa shape index (κ2) is 7.56. The van der Waals surface area contributed by atoms with Gasteiger partial charge in [-0.1, -0.05) is 18.2 Å². The molecule has 0 bridgehead atoms. The van der Waals surface area contributed by atoms with E-state index in [1.807, 2.05) is 29.7 Å². The van der Waals surface area contributed by atoms with E-state index in [0.29, 0.717) is 41.3 Å². The topological polar surface area (TPSA) is 87.4 Å². The van der Waals surface area contributed by atoms with E-state index >= 15 is 0 Å². The number of rotatable bonds is 3. The molecule has 0 saturated heterocycles. The van der Waals surface area contributed by atoms with Crippen LogP contribution in [0.25, 0.3) is 22.6 Å². The van der Waals surface area contributed by atoms with Gasteiger partial charge in [-0.25, -0.2) is 15.0 Å². The summed E-state index contributed by atoms with van der Waals surface area (Å²) >= 11 is 5.97. The van der Waals surface area contributed by atoms with Gasteiger partial charge in [0.05, 0.1) is 19.3 Å². The van der Waals surface area contributed by atoms with Crippen molar-refractivity contribution in [2.45, 2.75) is 45.1 Å². The number of aromatic nitrogens is 6. The fourth-order valence-corrected chi connectivity index (χ4v) is 4.32. The lowest BCUT2D eigenvalue weighted by molar-refractivity contribution is -0.140. The Morgan fingerprint density at radius 1 is 1.22 bits per heavy atom. The van der Waals surface area contributed by atoms with Crippen molar-refractivity contribution in [3.63, 3.8) is 0 Å². The van der Waals surface area contributed by atoms with Gasteiger partial charge in [0.2, 0.25) is 5.28 Å². The van der Waals surface area contributed by atoms with E-state index in [0.717, 1.165) is 23.7 Å². The molecule has 0 amide bonds. The summed E-state index contributed by atoms with van der Waals surface area (Å²) < 4.78 is 43.3. The maximum Gasteiger partial charge on any atom is 0.434 e. The highest BCUT2D eigenvalue weighted by molar-refractivity contribution is 6.28. The molecule has 32 heavy (non-hydrogen) atoms. The van der Waals surface area contributed by atoms with Gasteiger partial charge in [-0.05, 0) is 42.5 Å². The molecule has 7 nitrogen and oxygen atoms in total. The average Bonchev–Trinajstić information content (AvgIpc) is 3.31. The van der Waals surface area contributed by atoms with Crippen molar-refractivity contribution in [2.75, 3.05) is 0 Å². The number of nitrogens with zero attached hydrogens (tertiary/aromatic N) is 6. The lowest BCUT2D eigenvalue weighted by Crippen LogP contribution is -2.10. The first kappa shape index (κ1) is 20.9. The van der Waals surface area contributed by atoms with Crippen LogP contribution in [0.4, 0.5) is 13.2 Å². The highest BCUT2D eigenvalue weighted by Crippen LogP contribution is 2.37. The SMILES string of the molecule is CC1CCc2cc(Cn3c(CN)nc4cnc(Cl)nc43)ccc2-c2nc(C(F)(F)F)cn21. The van der Waals surface area contributed by atoms with Crippen LogP contribution < -0.4 is 5.73 Å². The molecule has 1 aromatic carbocycles. The number of aryl methyl sites for hydroxylation is 1. The largest absolute Gasteiger partial charge is 0.434 e. The van der Waals surface area contributed by atoms with Crippen LogP contribution >= 0.6 is 11.6 Å². The van der Waals surface area contributed by atoms with Gasteiger partial charge in [0.15, 0.2) is 11.3 Å². The van der Waals surface area contributed by atoms with E-state index in [1.54, 1.807) is 10.8 Å². The van der Waals surface area contributed by atoms with Gasteiger partial charge in [0.25, 0.3) is 0 Å². The predicted octanol–water partition coefficient (Wildman–Crippen LogP) is 4.38. The van der Waals surface area contributed by atoms with Crippen LogP contribution in [0.1, 0.15) is 42.0 Å². The smallest absolute Gasteiger partial charge is 0.328 e. The van der Waals surface area contributed by atoms with Gasteiger partial charge < -0.3 is 14.9 Å². The Bertz CT molecular complexity index is 1330. The van der Waals surface area contributed by atoms with Crippen LogP contribution in [0.5, 0.6) is 0 Å². The lowest BCUT2D eigenvalue weighted by atomic mass is 9.99. The molecular weight excluding hydrogens is 443 g/mol. The summed E-state index contributed by atoms with van der Waals surface area (Å²) in [5.41, 5.74) is 8.81. The van der Waals surface area contributed by atoms with Crippen LogP contribution in [-0.2, 0) is 25.7 Å². The number of alkyl halides is 3. The Morgan fingerprint density at radius 3 is 2.78 bits per heavy atom. The number of nitrogens with two attached hydrogens (primary N) is 1. The normalized spacial score (nSPS) is 16.1. The van der Waals surface area contributed by atoms with Gasteiger partial charge in [0.1, 0.15) is 17.2 Å². The van der Waals surface area contributed by atoms with Crippen LogP contribution in [0.2, 0.25) is 5.28 Å². The van der Waals surface area contributed by atoms with Crippen molar-refractivity contribution >= 4 is 22.8 Å². The van der Waals surface area contributed by atoms with Gasteiger partial charge in [0, 0.05) is 17.8 Å². The Morgan fingerprint density at radius 2 is 2.03 bits per heavy atom. The predicted molar refractivity (Wildman–Crippen MR) is 113 cm³/mol. The molecule has 0 saturated carbocycles. The van der Waals surface area contributed by atoms with E-state index in [4.69, 9.17) is 17.3 Å². The van der Waals surface area contributed by atoms with Crippen molar-refractivity contribution in [1.29, 1.82) is 0 Å². The first-order valence-electron chi connectivity index (χ1n) is 10.1. The minimum absolute atomic E-state index is 0.0928. The number of hydrogen-bond donors (Lipinski definition) is 1. The molecule has 0 spiro atoms. The standard InChI is InChI=1S/C21H19ClF3N7/c1-11-2-4-13-6-12(3-5-14(13)18-29-16(10-31(11)18)21(23,24)25)9-32-17(7-26)28-15-8-27-20(22)30-19(15)32/h3,5-6,8,10-11H,2,4,7,9,26H2,1H3. The molecule has 4 heterocycles. The zero-order valence-corrected chi connectivity index (χ0v) is 17.8. The Hall–Kier alpha value is -2.98. The Balaban J connectivity index is 1.56. The zero-order valence-electron chi connectivity index (χ0n) is 17.1. The summed E-state index contributed by atoms with van der Waals surface area (Å²) in [5.74, 6) is 0.990. The maximum absolute atomic E-state index is 13.3. The zero-order chi connectivity index (χ0) is 22.6. The molecule has 5 rings (SSSR count). The van der Waals surface area contributed by atoms with Crippen LogP contribution in [0.15, 0.2) is 30.6 Å². The van der Waals surface area contributed by atoms with Crippen molar-refractivity contribution in [2.24, 2.45) is 5.73 Å². The number of fused-ring (bicyclic) bond motifs is 4. The molecule has 1 aliphatic heterocycles. The molecule has 166 valence electrons. The monoisotopic (exact) mass is 461 g/mol. The summed E-state index contributed by atoms with van der Waals surface area (Å²) in [4.78, 5) is 16.7. The fraction of sp³-hybridized carbons (Fsp3) is 0.333. The summed E-state index contributed by atoms with van der Waals surface area (Å²) in [6, 6.07) is 5.64. The van der Waals surface area contributed by atoms with Crippen LogP contribution in [0, 0.1) is 0 Å². The Labute approximate surface area is 186 Å². The van der Waals surface area contributed by atoms with Gasteiger partial charge in [-0.2, -0.15) is 18.2 Å². The van der Waals surface area contributed by atoms with E-state index in [9.17, 15) is 13.2 Å². The first-order chi connectivity index (χ1) is 15.2. The summed E-state index contributed by atoms with van der Waals surface area (Å²) in [5, 5.41) is 0.116. The molecule has 11 heteroatoms. The molecule has 0 radical (unpaired) electrons. The van der Waals surface area contributed by atoms with Gasteiger partial charge in [-0.15, -0.1) is 0 Å². The van der Waals surface area contributed by atoms with E-state index in [1.165, 1.54) is 0 Å². The third-order valence-corrected chi connectivity index (χ3v) is 5.98. The number of halogens is 4. The van der Waals surface area contributed by atoms with Crippen LogP contribution in [-0.4, -0.2) is 29.1 Å². The minimum atomic E-state index is -4.48. The number of imidazole rings is 2. The van der Waals surface area contributed by atoms with Crippen molar-refractivity contribution in [3.05, 3.63) is 58.5 Å². The Kier molecular flexibility index (Phi) is 4.94. The molecule has 1 unspecified atom stereocenters. The molecule has 1 atom stereocenters. The van der Waals surface area contributed by atoms with E-state index < -0.39 is 11.9 Å². The average molecular weight is 462 g/mol. The molecule has 2 N–H and O–H groups in total. The molecule has 4 aromatic rings. The van der Waals surface area contributed by atoms with E-state index in [2.05, 4.69) is 19.9 Å². The molecule has 0 fully saturated rings. The summed E-state index contributed by atoms with van der Waals surface area (Å²) in [7, 11) is 0. The number of hydrogen-bond acceptors (Lipinski definition) is 5. The van der Waals surface area contributed by atoms with Crippen molar-refractivity contribution in [1.82, 2.24) is 29.1 Å². The van der Waals surface area contributed by atoms with Gasteiger partial charge in [-0.3, -0.25) is 0 Å². The van der Waals surface area contributed by atoms with Gasteiger partial charge >= 0.3 is 6.18 Å². The lowest BCUT2D eigenvalue weighted by Gasteiger charge is -2.12. The summed E-state index contributed by atoms with van der Waals surface area (Å²) in [6.07, 6.45) is -0.378. The highest BCUT2D eigenvalue weighted by Gasteiger charge is 2.36. The number of benzene rings is 1. The molecular formula is C21H19ClF3N7. The van der Waals surface area contributed by atoms with Crippen molar-refractivity contribution < 1.29 is 13.2 Å². The van der Waals surface area contributed by atoms with Crippen LogP contribution in [0.3, 0.4) is 0 Å².